The van der Waals surface area contributed by atoms with Crippen LogP contribution in [-0.4, -0.2) is 38.2 Å². The number of hydrogen-bond donors (Lipinski definition) is 4. The molecule has 6 nitrogen and oxygen atoms in total. The number of thiol groups is 1. The van der Waals surface area contributed by atoms with E-state index in [0.717, 1.165) is 41.8 Å². The monoisotopic (exact) mass is 444 g/mol. The van der Waals surface area contributed by atoms with Crippen LogP contribution >= 0.6 is 35.2 Å². The number of nitrogens with one attached hydrogen (secondary N) is 3. The molecule has 23 heavy (non-hydrogen) atoms. The molecular weight excluding hydrogens is 423 g/mol. The number of aromatic nitrogens is 3. The normalized spacial score (nSPS) is 10.3. The molecule has 2 aromatic rings. The fraction of sp³-hybridized carbons (Fsp3) is 0.400. The van der Waals surface area contributed by atoms with Gasteiger partial charge in [0.15, 0.2) is 0 Å². The van der Waals surface area contributed by atoms with Crippen molar-refractivity contribution in [3.8, 4) is 0 Å². The third-order valence-electron chi connectivity index (χ3n) is 2.88. The first-order valence-electron chi connectivity index (χ1n) is 7.54. The molecule has 0 aliphatic carbocycles. The molecule has 0 spiro atoms. The van der Waals surface area contributed by atoms with Crippen molar-refractivity contribution >= 4 is 58.8 Å². The number of rotatable bonds is 10. The van der Waals surface area contributed by atoms with Gasteiger partial charge in [-0.05, 0) is 30.7 Å². The van der Waals surface area contributed by atoms with Crippen LogP contribution in [0.4, 0.5) is 23.5 Å². The summed E-state index contributed by atoms with van der Waals surface area (Å²) in [4.78, 5) is 13.3. The van der Waals surface area contributed by atoms with Crippen LogP contribution in [0, 0.1) is 0 Å². The van der Waals surface area contributed by atoms with Gasteiger partial charge < -0.3 is 16.0 Å². The molecule has 0 amide bonds. The van der Waals surface area contributed by atoms with Gasteiger partial charge in [0.05, 0.1) is 0 Å². The van der Waals surface area contributed by atoms with E-state index in [4.69, 9.17) is 0 Å². The van der Waals surface area contributed by atoms with Crippen LogP contribution in [0.1, 0.15) is 12.8 Å². The molecule has 1 aromatic heterocycles. The van der Waals surface area contributed by atoms with Gasteiger partial charge in [0.1, 0.15) is 0 Å². The zero-order valence-corrected chi connectivity index (χ0v) is 15.8. The number of anilines is 4. The molecule has 0 saturated heterocycles. The minimum absolute atomic E-state index is 0.525. The predicted octanol–water partition coefficient (Wildman–Crippen LogP) is 3.58. The van der Waals surface area contributed by atoms with Crippen molar-refractivity contribution in [1.82, 2.24) is 15.0 Å². The molecule has 3 N–H and O–H groups in total. The summed E-state index contributed by atoms with van der Waals surface area (Å²) in [5, 5.41) is 9.66. The first-order valence-corrected chi connectivity index (χ1v) is 9.70. The van der Waals surface area contributed by atoms with Crippen LogP contribution in [0.5, 0.6) is 0 Å². The van der Waals surface area contributed by atoms with Crippen molar-refractivity contribution in [2.45, 2.75) is 12.8 Å². The maximum atomic E-state index is 4.43. The summed E-state index contributed by atoms with van der Waals surface area (Å²) in [5.74, 6) is 2.50. The summed E-state index contributed by atoms with van der Waals surface area (Å²) in [6.45, 7) is 1.62. The molecule has 0 unspecified atom stereocenters. The first kappa shape index (κ1) is 18.1. The number of nitrogens with zero attached hydrogens (tertiary/aromatic N) is 3. The second-order valence-corrected chi connectivity index (χ2v) is 6.30. The Kier molecular flexibility index (Phi) is 8.23. The highest BCUT2D eigenvalue weighted by atomic mass is 127. The summed E-state index contributed by atoms with van der Waals surface area (Å²) in [5.41, 5.74) is 0.943. The van der Waals surface area contributed by atoms with Crippen LogP contribution in [0.2, 0.25) is 0 Å². The van der Waals surface area contributed by atoms with Crippen LogP contribution in [0.3, 0.4) is 0 Å². The van der Waals surface area contributed by atoms with Gasteiger partial charge in [-0.2, -0.15) is 27.6 Å². The number of benzene rings is 1. The quantitative estimate of drug-likeness (QED) is 0.194. The third-order valence-corrected chi connectivity index (χ3v) is 3.96. The summed E-state index contributed by atoms with van der Waals surface area (Å²) in [7, 11) is 0. The molecule has 1 heterocycles. The average molecular weight is 444 g/mol. The molecule has 0 bridgehead atoms. The van der Waals surface area contributed by atoms with E-state index < -0.39 is 0 Å². The lowest BCUT2D eigenvalue weighted by Crippen LogP contribution is -2.13. The van der Waals surface area contributed by atoms with E-state index in [9.17, 15) is 0 Å². The van der Waals surface area contributed by atoms with Crippen molar-refractivity contribution in [2.75, 3.05) is 39.2 Å². The van der Waals surface area contributed by atoms with Crippen molar-refractivity contribution < 1.29 is 0 Å². The van der Waals surface area contributed by atoms with Gasteiger partial charge in [0.2, 0.25) is 17.8 Å². The molecule has 0 saturated carbocycles. The van der Waals surface area contributed by atoms with E-state index in [1.54, 1.807) is 0 Å². The van der Waals surface area contributed by atoms with Gasteiger partial charge in [-0.1, -0.05) is 40.8 Å². The van der Waals surface area contributed by atoms with E-state index in [2.05, 4.69) is 66.1 Å². The largest absolute Gasteiger partial charge is 0.354 e. The zero-order valence-electron chi connectivity index (χ0n) is 12.8. The smallest absolute Gasteiger partial charge is 0.233 e. The summed E-state index contributed by atoms with van der Waals surface area (Å²) >= 11 is 6.57. The Balaban J connectivity index is 2.10. The van der Waals surface area contributed by atoms with Crippen molar-refractivity contribution in [2.24, 2.45) is 0 Å². The maximum Gasteiger partial charge on any atom is 0.233 e. The summed E-state index contributed by atoms with van der Waals surface area (Å²) in [6.07, 6.45) is 2.02. The van der Waals surface area contributed by atoms with Gasteiger partial charge in [-0.15, -0.1) is 0 Å². The topological polar surface area (TPSA) is 74.8 Å². The molecule has 0 aliphatic heterocycles. The van der Waals surface area contributed by atoms with Gasteiger partial charge in [0, 0.05) is 23.2 Å². The molecule has 124 valence electrons. The van der Waals surface area contributed by atoms with Crippen molar-refractivity contribution in [3.05, 3.63) is 30.3 Å². The van der Waals surface area contributed by atoms with Crippen LogP contribution in [0.25, 0.3) is 0 Å². The Labute approximate surface area is 155 Å². The molecular formula is C15H21IN6S. The second kappa shape index (κ2) is 10.5. The zero-order chi connectivity index (χ0) is 16.3. The molecule has 1 aromatic carbocycles. The molecule has 2 rings (SSSR count). The maximum absolute atomic E-state index is 4.43. The Bertz CT molecular complexity index is 555. The van der Waals surface area contributed by atoms with E-state index >= 15 is 0 Å². The highest BCUT2D eigenvalue weighted by Gasteiger charge is 2.06. The average Bonchev–Trinajstić information content (AvgIpc) is 2.56. The Morgan fingerprint density at radius 3 is 2.09 bits per heavy atom. The lowest BCUT2D eigenvalue weighted by Gasteiger charge is -2.11. The van der Waals surface area contributed by atoms with Crippen molar-refractivity contribution in [3.63, 3.8) is 0 Å². The summed E-state index contributed by atoms with van der Waals surface area (Å²) < 4.78 is 1.10. The van der Waals surface area contributed by atoms with E-state index in [-0.39, 0.29) is 0 Å². The lowest BCUT2D eigenvalue weighted by molar-refractivity contribution is 0.931. The second-order valence-electron chi connectivity index (χ2n) is 4.77. The highest BCUT2D eigenvalue weighted by Crippen LogP contribution is 2.15. The molecule has 0 aliphatic rings. The standard InChI is InChI=1S/C15H21IN6S/c16-8-4-9-17-13-20-14(18-10-5-11-23)22-15(21-13)19-12-6-2-1-3-7-12/h1-3,6-7,23H,4-5,8-11H2,(H3,17,18,19,20,21,22). The number of para-hydroxylation sites is 1. The molecule has 0 atom stereocenters. The fourth-order valence-electron chi connectivity index (χ4n) is 1.79. The van der Waals surface area contributed by atoms with Gasteiger partial charge in [-0.3, -0.25) is 0 Å². The van der Waals surface area contributed by atoms with E-state index in [0.29, 0.717) is 17.8 Å². The molecule has 8 heteroatoms. The number of halogens is 1. The molecule has 0 radical (unpaired) electrons. The number of alkyl halides is 1. The lowest BCUT2D eigenvalue weighted by atomic mass is 10.3. The first-order chi connectivity index (χ1) is 11.3. The minimum Gasteiger partial charge on any atom is -0.354 e. The van der Waals surface area contributed by atoms with Crippen LogP contribution in [0.15, 0.2) is 30.3 Å². The van der Waals surface area contributed by atoms with Gasteiger partial charge in [-0.25, -0.2) is 0 Å². The van der Waals surface area contributed by atoms with E-state index in [1.165, 1.54) is 0 Å². The van der Waals surface area contributed by atoms with Gasteiger partial charge in [0.25, 0.3) is 0 Å². The Morgan fingerprint density at radius 2 is 1.48 bits per heavy atom. The highest BCUT2D eigenvalue weighted by molar-refractivity contribution is 14.1. The Hall–Kier alpha value is -1.29. The van der Waals surface area contributed by atoms with Crippen LogP contribution in [-0.2, 0) is 0 Å². The van der Waals surface area contributed by atoms with Gasteiger partial charge >= 0.3 is 0 Å². The third kappa shape index (κ3) is 6.78. The minimum atomic E-state index is 0.525. The SMILES string of the molecule is SCCCNc1nc(NCCCI)nc(Nc2ccccc2)n1. The van der Waals surface area contributed by atoms with Crippen molar-refractivity contribution in [1.29, 1.82) is 0 Å². The summed E-state index contributed by atoms with van der Waals surface area (Å²) in [6, 6.07) is 9.85. The predicted molar refractivity (Wildman–Crippen MR) is 109 cm³/mol. The molecule has 0 fully saturated rings. The number of hydrogen-bond acceptors (Lipinski definition) is 7. The fourth-order valence-corrected chi connectivity index (χ4v) is 2.33. The Morgan fingerprint density at radius 1 is 0.870 bits per heavy atom. The van der Waals surface area contributed by atoms with Crippen LogP contribution < -0.4 is 16.0 Å². The van der Waals surface area contributed by atoms with E-state index in [1.807, 2.05) is 30.3 Å².